The summed E-state index contributed by atoms with van der Waals surface area (Å²) in [7, 11) is 0. The summed E-state index contributed by atoms with van der Waals surface area (Å²) in [5, 5.41) is 11.3. The molecular weight excluding hydrogens is 247 g/mol. The number of hydrogen-bond donors (Lipinski definition) is 2. The van der Waals surface area contributed by atoms with E-state index in [1.54, 1.807) is 13.8 Å². The van der Waals surface area contributed by atoms with Crippen molar-refractivity contribution >= 4 is 5.91 Å². The molecule has 1 aromatic rings. The van der Waals surface area contributed by atoms with E-state index in [-0.39, 0.29) is 6.61 Å². The molecule has 0 aliphatic rings. The second-order valence-electron chi connectivity index (χ2n) is 4.61. The standard InChI is InChI=1S/C12H14F3NO2/c1-12(2,6-17)16-11(18)5-8-9(14)3-7(13)4-10(8)15/h3-4,17H,5-6H2,1-2H3,(H,16,18). The highest BCUT2D eigenvalue weighted by Crippen LogP contribution is 2.15. The van der Waals surface area contributed by atoms with Crippen molar-refractivity contribution in [1.82, 2.24) is 5.32 Å². The Hall–Kier alpha value is -1.56. The lowest BCUT2D eigenvalue weighted by atomic mass is 10.1. The normalized spacial score (nSPS) is 11.4. The van der Waals surface area contributed by atoms with E-state index in [0.29, 0.717) is 12.1 Å². The summed E-state index contributed by atoms with van der Waals surface area (Å²) in [6, 6.07) is 1.03. The molecule has 0 spiro atoms. The van der Waals surface area contributed by atoms with Crippen LogP contribution in [-0.2, 0) is 11.2 Å². The number of nitrogens with one attached hydrogen (secondary N) is 1. The molecule has 0 saturated carbocycles. The summed E-state index contributed by atoms with van der Waals surface area (Å²) in [5.74, 6) is -3.91. The number of aliphatic hydroxyl groups excluding tert-OH is 1. The first-order valence-corrected chi connectivity index (χ1v) is 5.30. The number of rotatable bonds is 4. The number of amides is 1. The van der Waals surface area contributed by atoms with Gasteiger partial charge in [-0.25, -0.2) is 13.2 Å². The zero-order valence-electron chi connectivity index (χ0n) is 10.1. The van der Waals surface area contributed by atoms with Gasteiger partial charge in [-0.2, -0.15) is 0 Å². The van der Waals surface area contributed by atoms with Crippen LogP contribution >= 0.6 is 0 Å². The molecular formula is C12H14F3NO2. The molecule has 1 amide bonds. The summed E-state index contributed by atoms with van der Waals surface area (Å²) in [4.78, 5) is 11.5. The van der Waals surface area contributed by atoms with Crippen molar-refractivity contribution in [3.05, 3.63) is 35.1 Å². The summed E-state index contributed by atoms with van der Waals surface area (Å²) < 4.78 is 39.2. The molecule has 0 aromatic heterocycles. The fraction of sp³-hybridized carbons (Fsp3) is 0.417. The third kappa shape index (κ3) is 3.73. The molecule has 0 bridgehead atoms. The molecule has 1 rings (SSSR count). The van der Waals surface area contributed by atoms with E-state index >= 15 is 0 Å². The van der Waals surface area contributed by atoms with Crippen LogP contribution in [0.5, 0.6) is 0 Å². The Balaban J connectivity index is 2.83. The van der Waals surface area contributed by atoms with E-state index in [4.69, 9.17) is 5.11 Å². The quantitative estimate of drug-likeness (QED) is 0.863. The minimum atomic E-state index is -1.11. The lowest BCUT2D eigenvalue weighted by Crippen LogP contribution is -2.47. The molecule has 0 aliphatic carbocycles. The van der Waals surface area contributed by atoms with Gasteiger partial charge in [0.1, 0.15) is 17.5 Å². The lowest BCUT2D eigenvalue weighted by molar-refractivity contribution is -0.122. The molecule has 0 fully saturated rings. The first kappa shape index (κ1) is 14.5. The SMILES string of the molecule is CC(C)(CO)NC(=O)Cc1c(F)cc(F)cc1F. The summed E-state index contributed by atoms with van der Waals surface area (Å²) >= 11 is 0. The van der Waals surface area contributed by atoms with Crippen molar-refractivity contribution < 1.29 is 23.1 Å². The number of carbonyl (C=O) groups is 1. The average molecular weight is 261 g/mol. The van der Waals surface area contributed by atoms with Crippen LogP contribution in [0, 0.1) is 17.5 Å². The topological polar surface area (TPSA) is 49.3 Å². The van der Waals surface area contributed by atoms with Crippen molar-refractivity contribution in [1.29, 1.82) is 0 Å². The molecule has 0 unspecified atom stereocenters. The highest BCUT2D eigenvalue weighted by atomic mass is 19.1. The smallest absolute Gasteiger partial charge is 0.225 e. The van der Waals surface area contributed by atoms with Gasteiger partial charge in [-0.3, -0.25) is 4.79 Å². The van der Waals surface area contributed by atoms with Crippen LogP contribution in [0.15, 0.2) is 12.1 Å². The Morgan fingerprint density at radius 2 is 1.78 bits per heavy atom. The molecule has 2 N–H and O–H groups in total. The van der Waals surface area contributed by atoms with Crippen molar-refractivity contribution in [2.24, 2.45) is 0 Å². The van der Waals surface area contributed by atoms with Crippen molar-refractivity contribution in [3.8, 4) is 0 Å². The fourth-order valence-corrected chi connectivity index (χ4v) is 1.36. The van der Waals surface area contributed by atoms with Crippen molar-refractivity contribution in [2.45, 2.75) is 25.8 Å². The Labute approximate surface area is 103 Å². The number of benzene rings is 1. The predicted octanol–water partition coefficient (Wildman–Crippen LogP) is 1.53. The Kier molecular flexibility index (Phi) is 4.34. The largest absolute Gasteiger partial charge is 0.394 e. The van der Waals surface area contributed by atoms with E-state index in [2.05, 4.69) is 5.32 Å². The van der Waals surface area contributed by atoms with Gasteiger partial charge in [0.2, 0.25) is 5.91 Å². The third-order valence-electron chi connectivity index (χ3n) is 2.32. The van der Waals surface area contributed by atoms with Crippen molar-refractivity contribution in [3.63, 3.8) is 0 Å². The molecule has 0 saturated heterocycles. The van der Waals surface area contributed by atoms with Gasteiger partial charge in [-0.1, -0.05) is 0 Å². The zero-order chi connectivity index (χ0) is 13.9. The summed E-state index contributed by atoms with van der Waals surface area (Å²) in [6.45, 7) is 2.80. The van der Waals surface area contributed by atoms with E-state index < -0.39 is 40.9 Å². The Morgan fingerprint density at radius 1 is 1.28 bits per heavy atom. The summed E-state index contributed by atoms with van der Waals surface area (Å²) in [6.07, 6.45) is -0.554. The van der Waals surface area contributed by atoms with Gasteiger partial charge in [0, 0.05) is 17.7 Å². The fourth-order valence-electron chi connectivity index (χ4n) is 1.36. The van der Waals surface area contributed by atoms with Crippen LogP contribution in [0.25, 0.3) is 0 Å². The molecule has 0 radical (unpaired) electrons. The van der Waals surface area contributed by atoms with Gasteiger partial charge >= 0.3 is 0 Å². The van der Waals surface area contributed by atoms with Crippen LogP contribution in [0.2, 0.25) is 0 Å². The van der Waals surface area contributed by atoms with Crippen LogP contribution < -0.4 is 5.32 Å². The molecule has 100 valence electrons. The maximum Gasteiger partial charge on any atom is 0.225 e. The molecule has 0 heterocycles. The van der Waals surface area contributed by atoms with E-state index in [1.807, 2.05) is 0 Å². The van der Waals surface area contributed by atoms with E-state index in [1.165, 1.54) is 0 Å². The molecule has 6 heteroatoms. The number of carbonyl (C=O) groups excluding carboxylic acids is 1. The number of hydrogen-bond acceptors (Lipinski definition) is 2. The number of aliphatic hydroxyl groups is 1. The first-order chi connectivity index (χ1) is 8.25. The van der Waals surface area contributed by atoms with E-state index in [9.17, 15) is 18.0 Å². The number of halogens is 3. The van der Waals surface area contributed by atoms with Crippen LogP contribution in [0.4, 0.5) is 13.2 Å². The Bertz CT molecular complexity index is 438. The minimum Gasteiger partial charge on any atom is -0.394 e. The maximum atomic E-state index is 13.3. The predicted molar refractivity (Wildman–Crippen MR) is 59.3 cm³/mol. The van der Waals surface area contributed by atoms with Crippen LogP contribution in [-0.4, -0.2) is 23.2 Å². The molecule has 18 heavy (non-hydrogen) atoms. The first-order valence-electron chi connectivity index (χ1n) is 5.30. The van der Waals surface area contributed by atoms with Gasteiger partial charge < -0.3 is 10.4 Å². The van der Waals surface area contributed by atoms with Gasteiger partial charge in [0.05, 0.1) is 18.6 Å². The molecule has 0 aliphatic heterocycles. The second-order valence-corrected chi connectivity index (χ2v) is 4.61. The molecule has 1 aromatic carbocycles. The lowest BCUT2D eigenvalue weighted by Gasteiger charge is -2.23. The average Bonchev–Trinajstić information content (AvgIpc) is 2.22. The Morgan fingerprint density at radius 3 is 2.22 bits per heavy atom. The van der Waals surface area contributed by atoms with Gasteiger partial charge in [0.15, 0.2) is 0 Å². The van der Waals surface area contributed by atoms with Gasteiger partial charge in [0.25, 0.3) is 0 Å². The van der Waals surface area contributed by atoms with Gasteiger partial charge in [-0.15, -0.1) is 0 Å². The highest BCUT2D eigenvalue weighted by molar-refractivity contribution is 5.79. The molecule has 0 atom stereocenters. The minimum absolute atomic E-state index is 0.312. The summed E-state index contributed by atoms with van der Waals surface area (Å²) in [5.41, 5.74) is -1.38. The third-order valence-corrected chi connectivity index (χ3v) is 2.32. The van der Waals surface area contributed by atoms with Crippen molar-refractivity contribution in [2.75, 3.05) is 6.61 Å². The zero-order valence-corrected chi connectivity index (χ0v) is 10.1. The van der Waals surface area contributed by atoms with Gasteiger partial charge in [-0.05, 0) is 13.8 Å². The monoisotopic (exact) mass is 261 g/mol. The second kappa shape index (κ2) is 5.39. The highest BCUT2D eigenvalue weighted by Gasteiger charge is 2.21. The van der Waals surface area contributed by atoms with Crippen LogP contribution in [0.1, 0.15) is 19.4 Å². The maximum absolute atomic E-state index is 13.3. The van der Waals surface area contributed by atoms with E-state index in [0.717, 1.165) is 0 Å². The molecule has 3 nitrogen and oxygen atoms in total. The van der Waals surface area contributed by atoms with Crippen LogP contribution in [0.3, 0.4) is 0 Å².